The number of carbonyl (C=O) groups is 2. The molecule has 6 nitrogen and oxygen atoms in total. The molecule has 0 aromatic heterocycles. The minimum absolute atomic E-state index is 0.0399. The van der Waals surface area contributed by atoms with Crippen LogP contribution < -0.4 is 20.9 Å². The second-order valence-electron chi connectivity index (χ2n) is 6.61. The number of hydrazine groups is 1. The van der Waals surface area contributed by atoms with Crippen LogP contribution in [0.4, 0.5) is 0 Å². The second-order valence-corrected chi connectivity index (χ2v) is 8.34. The fourth-order valence-electron chi connectivity index (χ4n) is 2.90. The SMILES string of the molecule is O=C(COc1ccc(Br)cc1Cl)NNC(=S)NC(=O)C(c1ccccc1)c1ccccc1. The molecule has 0 heterocycles. The van der Waals surface area contributed by atoms with Crippen LogP contribution in [0.1, 0.15) is 17.0 Å². The summed E-state index contributed by atoms with van der Waals surface area (Å²) in [5.74, 6) is -1.01. The minimum atomic E-state index is -0.560. The van der Waals surface area contributed by atoms with E-state index in [9.17, 15) is 9.59 Å². The van der Waals surface area contributed by atoms with E-state index in [4.69, 9.17) is 28.6 Å². The Morgan fingerprint density at radius 1 is 0.938 bits per heavy atom. The summed E-state index contributed by atoms with van der Waals surface area (Å²) >= 11 is 14.5. The number of benzene rings is 3. The highest BCUT2D eigenvalue weighted by Crippen LogP contribution is 2.27. The highest BCUT2D eigenvalue weighted by molar-refractivity contribution is 9.10. The number of amides is 2. The Morgan fingerprint density at radius 3 is 2.09 bits per heavy atom. The fraction of sp³-hybridized carbons (Fsp3) is 0.0870. The van der Waals surface area contributed by atoms with Crippen molar-refractivity contribution in [2.45, 2.75) is 5.92 Å². The van der Waals surface area contributed by atoms with E-state index in [1.54, 1.807) is 18.2 Å². The second kappa shape index (κ2) is 11.6. The molecule has 0 aliphatic carbocycles. The molecule has 0 bridgehead atoms. The van der Waals surface area contributed by atoms with Gasteiger partial charge in [-0.3, -0.25) is 20.4 Å². The lowest BCUT2D eigenvalue weighted by Gasteiger charge is -2.19. The predicted octanol–water partition coefficient (Wildman–Crippen LogP) is 4.34. The van der Waals surface area contributed by atoms with E-state index < -0.39 is 11.8 Å². The van der Waals surface area contributed by atoms with Crippen LogP contribution in [0.3, 0.4) is 0 Å². The van der Waals surface area contributed by atoms with Crippen molar-refractivity contribution >= 4 is 56.7 Å². The van der Waals surface area contributed by atoms with Crippen LogP contribution in [0.2, 0.25) is 5.02 Å². The average Bonchev–Trinajstić information content (AvgIpc) is 2.79. The highest BCUT2D eigenvalue weighted by atomic mass is 79.9. The van der Waals surface area contributed by atoms with Gasteiger partial charge >= 0.3 is 0 Å². The van der Waals surface area contributed by atoms with E-state index in [-0.39, 0.29) is 17.6 Å². The lowest BCUT2D eigenvalue weighted by molar-refractivity contribution is -0.124. The number of hydrogen-bond donors (Lipinski definition) is 3. The van der Waals surface area contributed by atoms with E-state index in [0.29, 0.717) is 10.8 Å². The van der Waals surface area contributed by atoms with Gasteiger partial charge in [-0.15, -0.1) is 0 Å². The summed E-state index contributed by atoms with van der Waals surface area (Å²) in [7, 11) is 0. The van der Waals surface area contributed by atoms with Gasteiger partial charge in [-0.25, -0.2) is 0 Å². The lowest BCUT2D eigenvalue weighted by atomic mass is 9.90. The zero-order chi connectivity index (χ0) is 22.9. The zero-order valence-electron chi connectivity index (χ0n) is 16.7. The molecule has 32 heavy (non-hydrogen) atoms. The van der Waals surface area contributed by atoms with E-state index in [2.05, 4.69) is 32.1 Å². The third-order valence-electron chi connectivity index (χ3n) is 4.33. The van der Waals surface area contributed by atoms with Crippen molar-refractivity contribution in [1.82, 2.24) is 16.2 Å². The topological polar surface area (TPSA) is 79.5 Å². The first-order valence-corrected chi connectivity index (χ1v) is 11.1. The van der Waals surface area contributed by atoms with Crippen LogP contribution in [0.25, 0.3) is 0 Å². The van der Waals surface area contributed by atoms with Gasteiger partial charge < -0.3 is 10.1 Å². The zero-order valence-corrected chi connectivity index (χ0v) is 19.8. The van der Waals surface area contributed by atoms with Gasteiger partial charge in [0.05, 0.1) is 10.9 Å². The number of hydrogen-bond acceptors (Lipinski definition) is 4. The third kappa shape index (κ3) is 6.78. The van der Waals surface area contributed by atoms with Crippen LogP contribution in [0.15, 0.2) is 83.3 Å². The Labute approximate surface area is 204 Å². The molecule has 0 saturated heterocycles. The molecule has 164 valence electrons. The van der Waals surface area contributed by atoms with Crippen LogP contribution in [0.5, 0.6) is 5.75 Å². The fourth-order valence-corrected chi connectivity index (χ4v) is 3.78. The third-order valence-corrected chi connectivity index (χ3v) is 5.33. The van der Waals surface area contributed by atoms with Crippen molar-refractivity contribution < 1.29 is 14.3 Å². The summed E-state index contributed by atoms with van der Waals surface area (Å²) in [6.07, 6.45) is 0. The Kier molecular flexibility index (Phi) is 8.61. The number of rotatable bonds is 6. The minimum Gasteiger partial charge on any atom is -0.482 e. The largest absolute Gasteiger partial charge is 0.482 e. The summed E-state index contributed by atoms with van der Waals surface area (Å²) < 4.78 is 6.18. The Morgan fingerprint density at radius 2 is 1.53 bits per heavy atom. The van der Waals surface area contributed by atoms with Gasteiger partial charge in [0.15, 0.2) is 11.7 Å². The van der Waals surface area contributed by atoms with Crippen molar-refractivity contribution in [2.24, 2.45) is 0 Å². The highest BCUT2D eigenvalue weighted by Gasteiger charge is 2.23. The van der Waals surface area contributed by atoms with Crippen LogP contribution in [0, 0.1) is 0 Å². The van der Waals surface area contributed by atoms with Gasteiger partial charge in [0.25, 0.3) is 5.91 Å². The van der Waals surface area contributed by atoms with Crippen LogP contribution in [-0.4, -0.2) is 23.5 Å². The molecular formula is C23H19BrClN3O3S. The maximum atomic E-state index is 13.0. The van der Waals surface area contributed by atoms with Crippen molar-refractivity contribution in [1.29, 1.82) is 0 Å². The molecule has 0 aliphatic rings. The quantitative estimate of drug-likeness (QED) is 0.325. The molecule has 0 atom stereocenters. The molecule has 0 unspecified atom stereocenters. The van der Waals surface area contributed by atoms with Crippen LogP contribution >= 0.6 is 39.7 Å². The van der Waals surface area contributed by atoms with E-state index in [1.165, 1.54) is 0 Å². The number of halogens is 2. The maximum absolute atomic E-state index is 13.0. The molecule has 2 amide bonds. The summed E-state index contributed by atoms with van der Waals surface area (Å²) in [4.78, 5) is 25.0. The summed E-state index contributed by atoms with van der Waals surface area (Å²) in [5.41, 5.74) is 6.54. The van der Waals surface area contributed by atoms with Gasteiger partial charge in [-0.1, -0.05) is 88.2 Å². The smallest absolute Gasteiger partial charge is 0.276 e. The van der Waals surface area contributed by atoms with Crippen LogP contribution in [-0.2, 0) is 9.59 Å². The van der Waals surface area contributed by atoms with Crippen molar-refractivity contribution in [2.75, 3.05) is 6.61 Å². The van der Waals surface area contributed by atoms with Crippen molar-refractivity contribution in [3.05, 3.63) is 99.5 Å². The predicted molar refractivity (Wildman–Crippen MR) is 131 cm³/mol. The monoisotopic (exact) mass is 531 g/mol. The molecule has 9 heteroatoms. The average molecular weight is 533 g/mol. The first-order chi connectivity index (χ1) is 15.4. The Balaban J connectivity index is 1.54. The molecule has 0 fully saturated rings. The molecule has 3 N–H and O–H groups in total. The van der Waals surface area contributed by atoms with Crippen molar-refractivity contribution in [3.8, 4) is 5.75 Å². The first-order valence-electron chi connectivity index (χ1n) is 9.51. The molecule has 3 rings (SSSR count). The normalized spacial score (nSPS) is 10.3. The summed E-state index contributed by atoms with van der Waals surface area (Å²) in [6.45, 7) is -0.290. The Bertz CT molecular complexity index is 1060. The number of thiocarbonyl (C=S) groups is 1. The lowest BCUT2D eigenvalue weighted by Crippen LogP contribution is -2.50. The number of ether oxygens (including phenoxy) is 1. The molecule has 0 spiro atoms. The van der Waals surface area contributed by atoms with E-state index in [1.807, 2.05) is 60.7 Å². The maximum Gasteiger partial charge on any atom is 0.276 e. The van der Waals surface area contributed by atoms with Gasteiger partial charge in [-0.2, -0.15) is 0 Å². The van der Waals surface area contributed by atoms with E-state index in [0.717, 1.165) is 15.6 Å². The number of carbonyl (C=O) groups excluding carboxylic acids is 2. The number of nitrogens with one attached hydrogen (secondary N) is 3. The van der Waals surface area contributed by atoms with E-state index >= 15 is 0 Å². The molecular weight excluding hydrogens is 514 g/mol. The first kappa shape index (κ1) is 23.7. The Hall–Kier alpha value is -2.94. The van der Waals surface area contributed by atoms with Gasteiger partial charge in [0.1, 0.15) is 5.75 Å². The van der Waals surface area contributed by atoms with Gasteiger partial charge in [0.2, 0.25) is 5.91 Å². The molecule has 0 aliphatic heterocycles. The van der Waals surface area contributed by atoms with Gasteiger partial charge in [0, 0.05) is 4.47 Å². The molecule has 0 radical (unpaired) electrons. The standard InChI is InChI=1S/C23H19BrClN3O3S/c24-17-11-12-19(18(25)13-17)31-14-20(29)27-28-23(32)26-22(30)21(15-7-3-1-4-8-15)16-9-5-2-6-10-16/h1-13,21H,14H2,(H,27,29)(H2,26,28,30,32). The summed E-state index contributed by atoms with van der Waals surface area (Å²) in [5, 5.41) is 2.95. The van der Waals surface area contributed by atoms with Gasteiger partial charge in [-0.05, 0) is 41.5 Å². The molecule has 3 aromatic rings. The molecule has 0 saturated carbocycles. The van der Waals surface area contributed by atoms with Crippen molar-refractivity contribution in [3.63, 3.8) is 0 Å². The summed E-state index contributed by atoms with van der Waals surface area (Å²) in [6, 6.07) is 23.8. The molecule has 3 aromatic carbocycles.